The second-order valence-corrected chi connectivity index (χ2v) is 7.52. The molecule has 1 aromatic heterocycles. The van der Waals surface area contributed by atoms with E-state index in [0.29, 0.717) is 11.4 Å². The zero-order valence-electron chi connectivity index (χ0n) is 16.1. The molecule has 28 heavy (non-hydrogen) atoms. The van der Waals surface area contributed by atoms with Crippen molar-refractivity contribution in [3.05, 3.63) is 81.2 Å². The molecule has 0 radical (unpaired) electrons. The van der Waals surface area contributed by atoms with Crippen LogP contribution in [0.25, 0.3) is 5.69 Å². The highest BCUT2D eigenvalue weighted by molar-refractivity contribution is 6.33. The highest BCUT2D eigenvalue weighted by Gasteiger charge is 2.22. The van der Waals surface area contributed by atoms with Crippen LogP contribution in [0.5, 0.6) is 0 Å². The number of hydrogen-bond acceptors (Lipinski definition) is 4. The minimum absolute atomic E-state index is 0.221. The predicted molar refractivity (Wildman–Crippen MR) is 115 cm³/mol. The lowest BCUT2D eigenvalue weighted by atomic mass is 10.1. The van der Waals surface area contributed by atoms with Gasteiger partial charge in [0.25, 0.3) is 5.56 Å². The molecule has 5 nitrogen and oxygen atoms in total. The largest absolute Gasteiger partial charge is 0.368 e. The molecule has 0 atom stereocenters. The van der Waals surface area contributed by atoms with E-state index in [-0.39, 0.29) is 10.6 Å². The first-order valence-electron chi connectivity index (χ1n) is 9.45. The van der Waals surface area contributed by atoms with E-state index < -0.39 is 0 Å². The van der Waals surface area contributed by atoms with Gasteiger partial charge in [-0.05, 0) is 49.2 Å². The standard InChI is InChI=1S/C22H23ClN4O/c1-16-8-9-19(14-17(16)2)25-10-12-26(13-11-25)20-15-24-27(22(28)21(20)23)18-6-4-3-5-7-18/h3-9,14-15H,10-13H2,1-2H3. The lowest BCUT2D eigenvalue weighted by molar-refractivity contribution is 0.649. The quantitative estimate of drug-likeness (QED) is 0.677. The fourth-order valence-electron chi connectivity index (χ4n) is 3.53. The number of nitrogens with zero attached hydrogens (tertiary/aromatic N) is 4. The Morgan fingerprint density at radius 3 is 2.21 bits per heavy atom. The van der Waals surface area contributed by atoms with Crippen molar-refractivity contribution in [1.82, 2.24) is 9.78 Å². The molecule has 6 heteroatoms. The molecular weight excluding hydrogens is 372 g/mol. The van der Waals surface area contributed by atoms with Gasteiger partial charge in [-0.2, -0.15) is 9.78 Å². The van der Waals surface area contributed by atoms with Crippen LogP contribution in [-0.2, 0) is 0 Å². The van der Waals surface area contributed by atoms with Crippen LogP contribution in [0.2, 0.25) is 5.02 Å². The lowest BCUT2D eigenvalue weighted by Crippen LogP contribution is -2.47. The Hall–Kier alpha value is -2.79. The van der Waals surface area contributed by atoms with Gasteiger partial charge in [-0.1, -0.05) is 35.9 Å². The van der Waals surface area contributed by atoms with Crippen molar-refractivity contribution in [3.63, 3.8) is 0 Å². The van der Waals surface area contributed by atoms with E-state index in [1.807, 2.05) is 30.3 Å². The second kappa shape index (κ2) is 7.68. The van der Waals surface area contributed by atoms with E-state index in [9.17, 15) is 4.79 Å². The highest BCUT2D eigenvalue weighted by Crippen LogP contribution is 2.25. The fourth-order valence-corrected chi connectivity index (χ4v) is 3.77. The Labute approximate surface area is 169 Å². The molecule has 3 aromatic rings. The van der Waals surface area contributed by atoms with Crippen LogP contribution in [-0.4, -0.2) is 36.0 Å². The van der Waals surface area contributed by atoms with E-state index in [4.69, 9.17) is 11.6 Å². The van der Waals surface area contributed by atoms with Crippen LogP contribution in [0, 0.1) is 13.8 Å². The molecule has 144 valence electrons. The molecule has 1 saturated heterocycles. The minimum atomic E-state index is -0.290. The molecule has 1 fully saturated rings. The summed E-state index contributed by atoms with van der Waals surface area (Å²) in [5.74, 6) is 0. The summed E-state index contributed by atoms with van der Waals surface area (Å²) in [6, 6.07) is 15.9. The number of para-hydroxylation sites is 1. The summed E-state index contributed by atoms with van der Waals surface area (Å²) in [7, 11) is 0. The summed E-state index contributed by atoms with van der Waals surface area (Å²) >= 11 is 6.44. The number of anilines is 2. The van der Waals surface area contributed by atoms with Crippen molar-refractivity contribution >= 4 is 23.0 Å². The third-order valence-corrected chi connectivity index (χ3v) is 5.73. The summed E-state index contributed by atoms with van der Waals surface area (Å²) in [5, 5.41) is 4.57. The van der Waals surface area contributed by atoms with Crippen molar-refractivity contribution in [2.24, 2.45) is 0 Å². The zero-order chi connectivity index (χ0) is 19.7. The minimum Gasteiger partial charge on any atom is -0.368 e. The molecule has 2 heterocycles. The van der Waals surface area contributed by atoms with Crippen molar-refractivity contribution in [3.8, 4) is 5.69 Å². The van der Waals surface area contributed by atoms with E-state index >= 15 is 0 Å². The number of aromatic nitrogens is 2. The molecule has 0 saturated carbocycles. The Morgan fingerprint density at radius 2 is 1.54 bits per heavy atom. The maximum atomic E-state index is 12.7. The van der Waals surface area contributed by atoms with E-state index in [0.717, 1.165) is 26.2 Å². The number of benzene rings is 2. The van der Waals surface area contributed by atoms with E-state index in [2.05, 4.69) is 46.9 Å². The fraction of sp³-hybridized carbons (Fsp3) is 0.273. The van der Waals surface area contributed by atoms with Crippen LogP contribution in [0.3, 0.4) is 0 Å². The molecule has 2 aromatic carbocycles. The van der Waals surface area contributed by atoms with Crippen LogP contribution in [0.4, 0.5) is 11.4 Å². The summed E-state index contributed by atoms with van der Waals surface area (Å²) in [6.45, 7) is 7.61. The molecule has 4 rings (SSSR count). The van der Waals surface area contributed by atoms with Gasteiger partial charge in [-0.15, -0.1) is 0 Å². The van der Waals surface area contributed by atoms with Crippen LogP contribution < -0.4 is 15.4 Å². The summed E-state index contributed by atoms with van der Waals surface area (Å²) in [4.78, 5) is 17.2. The molecule has 1 aliphatic heterocycles. The van der Waals surface area contributed by atoms with Gasteiger partial charge < -0.3 is 9.80 Å². The van der Waals surface area contributed by atoms with Gasteiger partial charge in [0.2, 0.25) is 0 Å². The van der Waals surface area contributed by atoms with Crippen molar-refractivity contribution in [1.29, 1.82) is 0 Å². The van der Waals surface area contributed by atoms with Crippen LogP contribution >= 0.6 is 11.6 Å². The number of piperazine rings is 1. The van der Waals surface area contributed by atoms with Gasteiger partial charge in [0, 0.05) is 31.9 Å². The smallest absolute Gasteiger partial charge is 0.292 e. The molecule has 0 bridgehead atoms. The molecular formula is C22H23ClN4O. The third kappa shape index (κ3) is 3.50. The Balaban J connectivity index is 1.53. The monoisotopic (exact) mass is 394 g/mol. The molecule has 1 aliphatic rings. The van der Waals surface area contributed by atoms with Crippen LogP contribution in [0.15, 0.2) is 59.5 Å². The lowest BCUT2D eigenvalue weighted by Gasteiger charge is -2.37. The summed E-state index contributed by atoms with van der Waals surface area (Å²) in [6.07, 6.45) is 1.70. The first kappa shape index (κ1) is 18.6. The van der Waals surface area contributed by atoms with Crippen molar-refractivity contribution in [2.45, 2.75) is 13.8 Å². The molecule has 0 amide bonds. The van der Waals surface area contributed by atoms with Gasteiger partial charge in [-0.25, -0.2) is 0 Å². The Bertz CT molecular complexity index is 1040. The molecule has 0 spiro atoms. The van der Waals surface area contributed by atoms with Gasteiger partial charge in [0.15, 0.2) is 0 Å². The van der Waals surface area contributed by atoms with E-state index in [1.54, 1.807) is 6.20 Å². The average Bonchev–Trinajstić information content (AvgIpc) is 2.73. The predicted octanol–water partition coefficient (Wildman–Crippen LogP) is 3.83. The Kier molecular flexibility index (Phi) is 5.09. The third-order valence-electron chi connectivity index (χ3n) is 5.38. The topological polar surface area (TPSA) is 41.4 Å². The highest BCUT2D eigenvalue weighted by atomic mass is 35.5. The SMILES string of the molecule is Cc1ccc(N2CCN(c3cnn(-c4ccccc4)c(=O)c3Cl)CC2)cc1C. The maximum absolute atomic E-state index is 12.7. The first-order chi connectivity index (χ1) is 13.5. The number of aryl methyl sites for hydroxylation is 2. The van der Waals surface area contributed by atoms with Crippen molar-refractivity contribution < 1.29 is 0 Å². The second-order valence-electron chi connectivity index (χ2n) is 7.14. The Morgan fingerprint density at radius 1 is 0.857 bits per heavy atom. The van der Waals surface area contributed by atoms with Gasteiger partial charge >= 0.3 is 0 Å². The first-order valence-corrected chi connectivity index (χ1v) is 9.83. The number of rotatable bonds is 3. The molecule has 0 aliphatic carbocycles. The number of hydrogen-bond donors (Lipinski definition) is 0. The van der Waals surface area contributed by atoms with Gasteiger partial charge in [0.1, 0.15) is 5.02 Å². The molecule has 0 unspecified atom stereocenters. The van der Waals surface area contributed by atoms with Crippen molar-refractivity contribution in [2.75, 3.05) is 36.0 Å². The maximum Gasteiger partial charge on any atom is 0.292 e. The van der Waals surface area contributed by atoms with Gasteiger partial charge in [0.05, 0.1) is 17.6 Å². The number of halogens is 1. The van der Waals surface area contributed by atoms with Gasteiger partial charge in [-0.3, -0.25) is 4.79 Å². The van der Waals surface area contributed by atoms with E-state index in [1.165, 1.54) is 21.5 Å². The average molecular weight is 395 g/mol. The molecule has 0 N–H and O–H groups in total. The summed E-state index contributed by atoms with van der Waals surface area (Å²) < 4.78 is 1.34. The summed E-state index contributed by atoms with van der Waals surface area (Å²) in [5.41, 5.74) is 4.98. The van der Waals surface area contributed by atoms with Crippen LogP contribution in [0.1, 0.15) is 11.1 Å². The zero-order valence-corrected chi connectivity index (χ0v) is 16.9. The normalized spacial score (nSPS) is 14.4.